The standard InChI is InChI=1S/C22H28N6O2.2ClH/c1-22(2,3)13-21(29)27-11-9-26(10-12-27)20-6-5-19-24-14-17(28(19)25-20)16-7-8-23-15-18(16)30-4;;/h5-8,14-15H,9-13H2,1-4H3;2*1H. The molecule has 3 aromatic heterocycles. The molecule has 32 heavy (non-hydrogen) atoms. The summed E-state index contributed by atoms with van der Waals surface area (Å²) in [7, 11) is 1.63. The molecule has 1 saturated heterocycles. The van der Waals surface area contributed by atoms with Crippen molar-refractivity contribution in [2.45, 2.75) is 27.2 Å². The molecule has 0 aromatic carbocycles. The molecule has 1 fully saturated rings. The smallest absolute Gasteiger partial charge is 0.223 e. The molecule has 8 nitrogen and oxygen atoms in total. The highest BCUT2D eigenvalue weighted by molar-refractivity contribution is 5.85. The first kappa shape index (κ1) is 25.7. The first-order valence-corrected chi connectivity index (χ1v) is 10.2. The summed E-state index contributed by atoms with van der Waals surface area (Å²) < 4.78 is 7.29. The van der Waals surface area contributed by atoms with Gasteiger partial charge >= 0.3 is 0 Å². The summed E-state index contributed by atoms with van der Waals surface area (Å²) in [5, 5.41) is 4.84. The predicted octanol–water partition coefficient (Wildman–Crippen LogP) is 3.73. The van der Waals surface area contributed by atoms with Crippen molar-refractivity contribution < 1.29 is 9.53 Å². The van der Waals surface area contributed by atoms with Crippen molar-refractivity contribution in [1.29, 1.82) is 0 Å². The summed E-state index contributed by atoms with van der Waals surface area (Å²) in [6, 6.07) is 5.86. The molecule has 0 bridgehead atoms. The number of pyridine rings is 1. The maximum atomic E-state index is 12.5. The van der Waals surface area contributed by atoms with Gasteiger partial charge in [0, 0.05) is 44.4 Å². The van der Waals surface area contributed by atoms with Gasteiger partial charge < -0.3 is 14.5 Å². The molecule has 1 amide bonds. The van der Waals surface area contributed by atoms with Crippen molar-refractivity contribution in [2.24, 2.45) is 5.41 Å². The zero-order valence-electron chi connectivity index (χ0n) is 18.8. The second-order valence-electron chi connectivity index (χ2n) is 8.79. The van der Waals surface area contributed by atoms with Gasteiger partial charge in [-0.05, 0) is 23.6 Å². The Labute approximate surface area is 200 Å². The summed E-state index contributed by atoms with van der Waals surface area (Å²) in [5.74, 6) is 1.78. The summed E-state index contributed by atoms with van der Waals surface area (Å²) in [5.41, 5.74) is 2.52. The average molecular weight is 481 g/mol. The Morgan fingerprint density at radius 3 is 2.44 bits per heavy atom. The second-order valence-corrected chi connectivity index (χ2v) is 8.79. The Balaban J connectivity index is 0.00000181. The Morgan fingerprint density at radius 2 is 1.78 bits per heavy atom. The third-order valence-corrected chi connectivity index (χ3v) is 5.27. The number of nitrogens with zero attached hydrogens (tertiary/aromatic N) is 6. The van der Waals surface area contributed by atoms with E-state index in [0.717, 1.165) is 35.8 Å². The summed E-state index contributed by atoms with van der Waals surface area (Å²) in [6.07, 6.45) is 5.79. The number of carbonyl (C=O) groups excluding carboxylic acids is 1. The van der Waals surface area contributed by atoms with E-state index in [-0.39, 0.29) is 36.1 Å². The Hall–Kier alpha value is -2.58. The van der Waals surface area contributed by atoms with Crippen LogP contribution in [0.5, 0.6) is 5.75 Å². The number of hydrogen-bond donors (Lipinski definition) is 0. The van der Waals surface area contributed by atoms with Crippen LogP contribution in [0.1, 0.15) is 27.2 Å². The van der Waals surface area contributed by atoms with Gasteiger partial charge in [-0.15, -0.1) is 29.9 Å². The largest absolute Gasteiger partial charge is 0.494 e. The number of imidazole rings is 1. The zero-order valence-corrected chi connectivity index (χ0v) is 20.4. The summed E-state index contributed by atoms with van der Waals surface area (Å²) in [6.45, 7) is 9.24. The van der Waals surface area contributed by atoms with E-state index in [4.69, 9.17) is 9.84 Å². The van der Waals surface area contributed by atoms with E-state index >= 15 is 0 Å². The summed E-state index contributed by atoms with van der Waals surface area (Å²) in [4.78, 5) is 25.3. The van der Waals surface area contributed by atoms with Crippen LogP contribution in [0.3, 0.4) is 0 Å². The highest BCUT2D eigenvalue weighted by atomic mass is 35.5. The van der Waals surface area contributed by atoms with Crippen molar-refractivity contribution in [2.75, 3.05) is 38.2 Å². The molecule has 3 aromatic rings. The minimum Gasteiger partial charge on any atom is -0.494 e. The van der Waals surface area contributed by atoms with Crippen LogP contribution >= 0.6 is 24.8 Å². The van der Waals surface area contributed by atoms with Crippen LogP contribution in [-0.4, -0.2) is 63.7 Å². The number of carbonyl (C=O) groups is 1. The van der Waals surface area contributed by atoms with Crippen LogP contribution in [0.15, 0.2) is 36.8 Å². The lowest BCUT2D eigenvalue weighted by Gasteiger charge is -2.36. The lowest BCUT2D eigenvalue weighted by molar-refractivity contribution is -0.133. The monoisotopic (exact) mass is 480 g/mol. The number of methoxy groups -OCH3 is 1. The van der Waals surface area contributed by atoms with E-state index in [1.165, 1.54) is 0 Å². The minimum absolute atomic E-state index is 0. The van der Waals surface area contributed by atoms with Gasteiger partial charge in [-0.25, -0.2) is 9.50 Å². The summed E-state index contributed by atoms with van der Waals surface area (Å²) >= 11 is 0. The molecule has 0 spiro atoms. The van der Waals surface area contributed by atoms with Crippen LogP contribution in [0, 0.1) is 5.41 Å². The third-order valence-electron chi connectivity index (χ3n) is 5.27. The highest BCUT2D eigenvalue weighted by Crippen LogP contribution is 2.29. The van der Waals surface area contributed by atoms with Crippen molar-refractivity contribution in [1.82, 2.24) is 24.5 Å². The van der Waals surface area contributed by atoms with E-state index in [1.54, 1.807) is 25.7 Å². The van der Waals surface area contributed by atoms with Crippen LogP contribution < -0.4 is 9.64 Å². The van der Waals surface area contributed by atoms with Crippen molar-refractivity contribution in [3.8, 4) is 17.0 Å². The lowest BCUT2D eigenvalue weighted by Crippen LogP contribution is -2.49. The molecular weight excluding hydrogens is 451 g/mol. The number of aromatic nitrogens is 4. The third kappa shape index (κ3) is 5.42. The van der Waals surface area contributed by atoms with Crippen molar-refractivity contribution >= 4 is 42.2 Å². The van der Waals surface area contributed by atoms with Crippen molar-refractivity contribution in [3.63, 3.8) is 0 Å². The van der Waals surface area contributed by atoms with Gasteiger partial charge in [0.05, 0.1) is 25.2 Å². The van der Waals surface area contributed by atoms with Gasteiger partial charge in [-0.3, -0.25) is 9.78 Å². The highest BCUT2D eigenvalue weighted by Gasteiger charge is 2.25. The van der Waals surface area contributed by atoms with E-state index in [9.17, 15) is 4.79 Å². The maximum absolute atomic E-state index is 12.5. The number of piperazine rings is 1. The second kappa shape index (κ2) is 10.4. The molecule has 0 unspecified atom stereocenters. The number of fused-ring (bicyclic) bond motifs is 1. The topological polar surface area (TPSA) is 75.9 Å². The molecule has 4 heterocycles. The fourth-order valence-corrected chi connectivity index (χ4v) is 3.72. The Bertz CT molecular complexity index is 1060. The van der Waals surface area contributed by atoms with Gasteiger partial charge in [0.15, 0.2) is 5.65 Å². The van der Waals surface area contributed by atoms with Gasteiger partial charge in [0.1, 0.15) is 11.6 Å². The Morgan fingerprint density at radius 1 is 1.06 bits per heavy atom. The van der Waals surface area contributed by atoms with Crippen LogP contribution in [0.25, 0.3) is 16.9 Å². The molecule has 0 aliphatic carbocycles. The molecule has 1 aliphatic heterocycles. The van der Waals surface area contributed by atoms with E-state index in [2.05, 4.69) is 35.6 Å². The fourth-order valence-electron chi connectivity index (χ4n) is 3.72. The quantitative estimate of drug-likeness (QED) is 0.566. The molecule has 4 rings (SSSR count). The predicted molar refractivity (Wildman–Crippen MR) is 130 cm³/mol. The molecule has 0 atom stereocenters. The molecular formula is C22H30Cl2N6O2. The molecule has 0 saturated carbocycles. The lowest BCUT2D eigenvalue weighted by atomic mass is 9.91. The Kier molecular flexibility index (Phi) is 8.31. The minimum atomic E-state index is 0. The van der Waals surface area contributed by atoms with E-state index in [1.807, 2.05) is 27.6 Å². The number of anilines is 1. The van der Waals surface area contributed by atoms with Crippen LogP contribution in [-0.2, 0) is 4.79 Å². The number of halogens is 2. The van der Waals surface area contributed by atoms with E-state index < -0.39 is 0 Å². The fraction of sp³-hybridized carbons (Fsp3) is 0.455. The normalized spacial score (nSPS) is 14.0. The average Bonchev–Trinajstić information content (AvgIpc) is 3.15. The van der Waals surface area contributed by atoms with Crippen LogP contribution in [0.4, 0.5) is 5.82 Å². The molecule has 174 valence electrons. The number of hydrogen-bond acceptors (Lipinski definition) is 6. The number of amides is 1. The van der Waals surface area contributed by atoms with Gasteiger partial charge in [0.2, 0.25) is 5.91 Å². The SMILES string of the molecule is COc1cnccc1-c1cnc2ccc(N3CCN(C(=O)CC(C)(C)C)CC3)nn12.Cl.Cl. The maximum Gasteiger partial charge on any atom is 0.223 e. The molecule has 10 heteroatoms. The van der Waals surface area contributed by atoms with Crippen LogP contribution in [0.2, 0.25) is 0 Å². The van der Waals surface area contributed by atoms with Crippen molar-refractivity contribution in [3.05, 3.63) is 36.8 Å². The number of rotatable bonds is 4. The number of ether oxygens (including phenoxy) is 1. The first-order chi connectivity index (χ1) is 14.4. The molecule has 0 N–H and O–H groups in total. The van der Waals surface area contributed by atoms with Gasteiger partial charge in [-0.2, -0.15) is 0 Å². The van der Waals surface area contributed by atoms with Gasteiger partial charge in [0.25, 0.3) is 0 Å². The van der Waals surface area contributed by atoms with Gasteiger partial charge in [-0.1, -0.05) is 20.8 Å². The molecule has 1 aliphatic rings. The van der Waals surface area contributed by atoms with E-state index in [0.29, 0.717) is 25.3 Å². The first-order valence-electron chi connectivity index (χ1n) is 10.2. The molecule has 0 radical (unpaired) electrons. The zero-order chi connectivity index (χ0) is 21.3.